The Labute approximate surface area is 123 Å². The molecule has 3 rings (SSSR count). The van der Waals surface area contributed by atoms with Gasteiger partial charge in [0, 0.05) is 16.1 Å². The molecule has 1 aromatic carbocycles. The summed E-state index contributed by atoms with van der Waals surface area (Å²) in [6.45, 7) is 1.87. The van der Waals surface area contributed by atoms with E-state index in [1.165, 1.54) is 0 Å². The number of pyridine rings is 1. The van der Waals surface area contributed by atoms with Crippen LogP contribution >= 0.6 is 27.5 Å². The van der Waals surface area contributed by atoms with Gasteiger partial charge in [-0.1, -0.05) is 17.3 Å². The van der Waals surface area contributed by atoms with Crippen LogP contribution in [0.5, 0.6) is 0 Å². The molecule has 3 aromatic rings. The van der Waals surface area contributed by atoms with Crippen molar-refractivity contribution < 1.29 is 0 Å². The molecule has 4 nitrogen and oxygen atoms in total. The van der Waals surface area contributed by atoms with Crippen LogP contribution in [0.1, 0.15) is 18.0 Å². The van der Waals surface area contributed by atoms with Gasteiger partial charge in [-0.3, -0.25) is 4.98 Å². The highest BCUT2D eigenvalue weighted by Gasteiger charge is 2.10. The van der Waals surface area contributed by atoms with Crippen LogP contribution in [-0.2, 0) is 0 Å². The molecular weight excluding hydrogens is 328 g/mol. The summed E-state index contributed by atoms with van der Waals surface area (Å²) >= 11 is 9.43. The number of aromatic nitrogens is 4. The molecule has 0 amide bonds. The third kappa shape index (κ3) is 2.35. The van der Waals surface area contributed by atoms with Crippen LogP contribution in [0.15, 0.2) is 41.1 Å². The lowest BCUT2D eigenvalue weighted by atomic mass is 10.2. The number of rotatable bonds is 2. The average molecular weight is 338 g/mol. The Kier molecular flexibility index (Phi) is 3.24. The van der Waals surface area contributed by atoms with Gasteiger partial charge in [-0.05, 0) is 35.0 Å². The molecule has 0 bridgehead atoms. The minimum Gasteiger partial charge on any atom is -0.253 e. The maximum absolute atomic E-state index is 6.01. The van der Waals surface area contributed by atoms with Crippen LogP contribution in [0.4, 0.5) is 0 Å². The lowest BCUT2D eigenvalue weighted by Crippen LogP contribution is -1.97. The first-order valence-electron chi connectivity index (χ1n) is 5.76. The zero-order chi connectivity index (χ0) is 13.4. The molecule has 0 saturated heterocycles. The van der Waals surface area contributed by atoms with Gasteiger partial charge < -0.3 is 0 Å². The van der Waals surface area contributed by atoms with Gasteiger partial charge in [0.25, 0.3) is 0 Å². The Hall–Kier alpha value is -1.46. The summed E-state index contributed by atoms with van der Waals surface area (Å²) in [7, 11) is 0. The fourth-order valence-electron chi connectivity index (χ4n) is 1.88. The van der Waals surface area contributed by atoms with E-state index in [-0.39, 0.29) is 5.38 Å². The Bertz CT molecular complexity index is 738. The highest BCUT2D eigenvalue weighted by atomic mass is 79.9. The van der Waals surface area contributed by atoms with Gasteiger partial charge in [0.15, 0.2) is 0 Å². The Morgan fingerprint density at radius 1 is 1.37 bits per heavy atom. The SMILES string of the molecule is CC(Cl)c1cn(-c2cccc3cc(Br)cnc23)nn1. The van der Waals surface area contributed by atoms with E-state index in [4.69, 9.17) is 11.6 Å². The van der Waals surface area contributed by atoms with Crippen LogP contribution < -0.4 is 0 Å². The van der Waals surface area contributed by atoms with Gasteiger partial charge in [-0.2, -0.15) is 0 Å². The molecule has 0 spiro atoms. The van der Waals surface area contributed by atoms with Crippen molar-refractivity contribution in [2.45, 2.75) is 12.3 Å². The molecule has 0 fully saturated rings. The van der Waals surface area contributed by atoms with Crippen molar-refractivity contribution in [3.63, 3.8) is 0 Å². The lowest BCUT2D eigenvalue weighted by Gasteiger charge is -2.05. The summed E-state index contributed by atoms with van der Waals surface area (Å²) in [6.07, 6.45) is 3.60. The largest absolute Gasteiger partial charge is 0.253 e. The number of alkyl halides is 1. The van der Waals surface area contributed by atoms with Crippen molar-refractivity contribution in [3.05, 3.63) is 46.8 Å². The summed E-state index contributed by atoms with van der Waals surface area (Å²) < 4.78 is 2.66. The third-order valence-electron chi connectivity index (χ3n) is 2.82. The molecule has 1 atom stereocenters. The Morgan fingerprint density at radius 2 is 2.21 bits per heavy atom. The highest BCUT2D eigenvalue weighted by molar-refractivity contribution is 9.10. The molecular formula is C13H10BrClN4. The van der Waals surface area contributed by atoms with E-state index in [9.17, 15) is 0 Å². The summed E-state index contributed by atoms with van der Waals surface area (Å²) in [6, 6.07) is 7.96. The number of hydrogen-bond acceptors (Lipinski definition) is 3. The highest BCUT2D eigenvalue weighted by Crippen LogP contribution is 2.24. The lowest BCUT2D eigenvalue weighted by molar-refractivity contribution is 0.799. The zero-order valence-electron chi connectivity index (χ0n) is 10.1. The molecule has 0 aliphatic heterocycles. The van der Waals surface area contributed by atoms with E-state index in [0.717, 1.165) is 26.8 Å². The molecule has 0 aliphatic carbocycles. The summed E-state index contributed by atoms with van der Waals surface area (Å²) in [5, 5.41) is 9.05. The standard InChI is InChI=1S/C13H10BrClN4/c1-8(15)11-7-19(18-17-11)12-4-2-3-9-5-10(14)6-16-13(9)12/h2-8H,1H3. The minimum atomic E-state index is -0.161. The fourth-order valence-corrected chi connectivity index (χ4v) is 2.33. The number of nitrogens with zero attached hydrogens (tertiary/aromatic N) is 4. The zero-order valence-corrected chi connectivity index (χ0v) is 12.4. The molecule has 2 aromatic heterocycles. The Morgan fingerprint density at radius 3 is 2.95 bits per heavy atom. The monoisotopic (exact) mass is 336 g/mol. The molecule has 19 heavy (non-hydrogen) atoms. The maximum atomic E-state index is 6.01. The van der Waals surface area contributed by atoms with Crippen molar-refractivity contribution in [1.82, 2.24) is 20.0 Å². The third-order valence-corrected chi connectivity index (χ3v) is 3.48. The van der Waals surface area contributed by atoms with E-state index in [1.54, 1.807) is 10.9 Å². The van der Waals surface area contributed by atoms with Crippen molar-refractivity contribution >= 4 is 38.4 Å². The van der Waals surface area contributed by atoms with E-state index < -0.39 is 0 Å². The van der Waals surface area contributed by atoms with Crippen molar-refractivity contribution in [1.29, 1.82) is 0 Å². The van der Waals surface area contributed by atoms with Crippen LogP contribution in [-0.4, -0.2) is 20.0 Å². The number of benzene rings is 1. The molecule has 0 radical (unpaired) electrons. The van der Waals surface area contributed by atoms with E-state index in [1.807, 2.05) is 37.4 Å². The van der Waals surface area contributed by atoms with Crippen LogP contribution in [0.2, 0.25) is 0 Å². The molecule has 2 heterocycles. The second kappa shape index (κ2) is 4.90. The van der Waals surface area contributed by atoms with Gasteiger partial charge in [0.05, 0.1) is 22.8 Å². The van der Waals surface area contributed by atoms with Crippen LogP contribution in [0.25, 0.3) is 16.6 Å². The minimum absolute atomic E-state index is 0.161. The van der Waals surface area contributed by atoms with Crippen molar-refractivity contribution in [2.24, 2.45) is 0 Å². The molecule has 0 aliphatic rings. The first-order chi connectivity index (χ1) is 9.15. The first kappa shape index (κ1) is 12.6. The topological polar surface area (TPSA) is 43.6 Å². The van der Waals surface area contributed by atoms with Crippen molar-refractivity contribution in [2.75, 3.05) is 0 Å². The normalized spacial score (nSPS) is 12.8. The van der Waals surface area contributed by atoms with Crippen molar-refractivity contribution in [3.8, 4) is 5.69 Å². The summed E-state index contributed by atoms with van der Waals surface area (Å²) in [5.74, 6) is 0. The van der Waals surface area contributed by atoms with E-state index >= 15 is 0 Å². The van der Waals surface area contributed by atoms with Gasteiger partial charge in [0.2, 0.25) is 0 Å². The fraction of sp³-hybridized carbons (Fsp3) is 0.154. The molecule has 1 unspecified atom stereocenters. The van der Waals surface area contributed by atoms with Gasteiger partial charge in [-0.15, -0.1) is 16.7 Å². The second-order valence-electron chi connectivity index (χ2n) is 4.21. The van der Waals surface area contributed by atoms with Crippen LogP contribution in [0.3, 0.4) is 0 Å². The summed E-state index contributed by atoms with van der Waals surface area (Å²) in [4.78, 5) is 4.44. The Balaban J connectivity index is 2.18. The first-order valence-corrected chi connectivity index (χ1v) is 6.99. The average Bonchev–Trinajstić information content (AvgIpc) is 2.87. The van der Waals surface area contributed by atoms with Gasteiger partial charge in [-0.25, -0.2) is 4.68 Å². The predicted molar refractivity (Wildman–Crippen MR) is 78.6 cm³/mol. The smallest absolute Gasteiger partial charge is 0.101 e. The predicted octanol–water partition coefficient (Wildman–Crippen LogP) is 3.88. The molecule has 96 valence electrons. The van der Waals surface area contributed by atoms with Gasteiger partial charge in [0.1, 0.15) is 5.69 Å². The number of halogens is 2. The van der Waals surface area contributed by atoms with E-state index in [0.29, 0.717) is 0 Å². The molecule has 0 N–H and O–H groups in total. The summed E-state index contributed by atoms with van der Waals surface area (Å²) in [5.41, 5.74) is 2.52. The maximum Gasteiger partial charge on any atom is 0.101 e. The number of hydrogen-bond donors (Lipinski definition) is 0. The van der Waals surface area contributed by atoms with Crippen LogP contribution in [0, 0.1) is 0 Å². The van der Waals surface area contributed by atoms with Gasteiger partial charge >= 0.3 is 0 Å². The molecule has 6 heteroatoms. The quantitative estimate of drug-likeness (QED) is 0.667. The van der Waals surface area contributed by atoms with E-state index in [2.05, 4.69) is 31.2 Å². The number of para-hydroxylation sites is 1. The number of fused-ring (bicyclic) bond motifs is 1. The molecule has 0 saturated carbocycles. The second-order valence-corrected chi connectivity index (χ2v) is 5.78.